The van der Waals surface area contributed by atoms with E-state index in [4.69, 9.17) is 16.0 Å². The average Bonchev–Trinajstić information content (AvgIpc) is 3.18. The van der Waals surface area contributed by atoms with E-state index in [1.807, 2.05) is 41.8 Å². The highest BCUT2D eigenvalue weighted by Crippen LogP contribution is 2.25. The van der Waals surface area contributed by atoms with E-state index in [-0.39, 0.29) is 12.3 Å². The third-order valence-electron chi connectivity index (χ3n) is 3.23. The fourth-order valence-corrected chi connectivity index (χ4v) is 3.12. The van der Waals surface area contributed by atoms with Crippen LogP contribution in [-0.4, -0.2) is 5.91 Å². The minimum atomic E-state index is -0.0407. The molecule has 112 valence electrons. The van der Waals surface area contributed by atoms with Gasteiger partial charge >= 0.3 is 0 Å². The molecule has 1 aromatic carbocycles. The van der Waals surface area contributed by atoms with Crippen molar-refractivity contribution in [3.05, 3.63) is 69.6 Å². The maximum Gasteiger partial charge on any atom is 0.224 e. The molecule has 3 rings (SSSR count). The molecule has 0 radical (unpaired) electrons. The molecule has 1 amide bonds. The normalized spacial score (nSPS) is 10.6. The monoisotopic (exact) mass is 331 g/mol. The first-order valence-electron chi connectivity index (χ1n) is 6.84. The van der Waals surface area contributed by atoms with Gasteiger partial charge in [-0.2, -0.15) is 0 Å². The summed E-state index contributed by atoms with van der Waals surface area (Å²) in [5, 5.41) is 5.56. The Bertz CT molecular complexity index is 765. The Morgan fingerprint density at radius 2 is 2.09 bits per heavy atom. The smallest absolute Gasteiger partial charge is 0.224 e. The molecule has 0 saturated carbocycles. The molecule has 0 unspecified atom stereocenters. The molecule has 0 aliphatic rings. The van der Waals surface area contributed by atoms with Crippen LogP contribution in [0.5, 0.6) is 0 Å². The van der Waals surface area contributed by atoms with E-state index < -0.39 is 0 Å². The molecule has 1 N–H and O–H groups in total. The third-order valence-corrected chi connectivity index (χ3v) is 4.53. The second-order valence-electron chi connectivity index (χ2n) is 4.82. The summed E-state index contributed by atoms with van der Waals surface area (Å²) in [6, 6.07) is 13.2. The van der Waals surface area contributed by atoms with Crippen molar-refractivity contribution in [2.75, 3.05) is 0 Å². The van der Waals surface area contributed by atoms with Gasteiger partial charge in [0.2, 0.25) is 5.91 Å². The number of halogens is 1. The topological polar surface area (TPSA) is 42.2 Å². The fraction of sp³-hybridized carbons (Fsp3) is 0.118. The lowest BCUT2D eigenvalue weighted by Crippen LogP contribution is -2.24. The van der Waals surface area contributed by atoms with Crippen LogP contribution in [0.4, 0.5) is 0 Å². The predicted octanol–water partition coefficient (Wildman–Crippen LogP) is 4.52. The van der Waals surface area contributed by atoms with Gasteiger partial charge in [0.25, 0.3) is 0 Å². The first-order valence-corrected chi connectivity index (χ1v) is 8.09. The van der Waals surface area contributed by atoms with Crippen LogP contribution in [0.2, 0.25) is 5.02 Å². The first kappa shape index (κ1) is 14.9. The van der Waals surface area contributed by atoms with E-state index in [9.17, 15) is 4.79 Å². The zero-order valence-corrected chi connectivity index (χ0v) is 13.3. The maximum absolute atomic E-state index is 12.0. The number of rotatable bonds is 5. The van der Waals surface area contributed by atoms with Crippen molar-refractivity contribution in [1.82, 2.24) is 5.32 Å². The summed E-state index contributed by atoms with van der Waals surface area (Å²) in [5.74, 6) is 0.797. The molecule has 0 fully saturated rings. The molecule has 0 aliphatic heterocycles. The summed E-state index contributed by atoms with van der Waals surface area (Å²) < 4.78 is 5.36. The third kappa shape index (κ3) is 3.59. The second-order valence-corrected chi connectivity index (χ2v) is 6.23. The number of thiophene rings is 1. The molecule has 0 saturated heterocycles. The van der Waals surface area contributed by atoms with Crippen molar-refractivity contribution in [3.8, 4) is 11.3 Å². The van der Waals surface area contributed by atoms with Gasteiger partial charge in [-0.05, 0) is 29.8 Å². The van der Waals surface area contributed by atoms with Gasteiger partial charge in [-0.3, -0.25) is 4.79 Å². The van der Waals surface area contributed by atoms with Crippen LogP contribution >= 0.6 is 22.9 Å². The molecular weight excluding hydrogens is 318 g/mol. The lowest BCUT2D eigenvalue weighted by Gasteiger charge is -2.05. The summed E-state index contributed by atoms with van der Waals surface area (Å²) >= 11 is 7.66. The molecule has 0 spiro atoms. The molecule has 0 aliphatic carbocycles. The van der Waals surface area contributed by atoms with Crippen LogP contribution in [0.3, 0.4) is 0 Å². The van der Waals surface area contributed by atoms with Crippen LogP contribution < -0.4 is 5.32 Å². The number of carbonyl (C=O) groups is 1. The van der Waals surface area contributed by atoms with Crippen LogP contribution in [0, 0.1) is 0 Å². The van der Waals surface area contributed by atoms with E-state index in [2.05, 4.69) is 5.32 Å². The largest absolute Gasteiger partial charge is 0.464 e. The SMILES string of the molecule is O=C(Cc1ccccc1Cl)NCc1cc(-c2ccco2)cs1. The molecule has 5 heteroatoms. The average molecular weight is 332 g/mol. The molecule has 3 nitrogen and oxygen atoms in total. The Labute approximate surface area is 137 Å². The zero-order chi connectivity index (χ0) is 15.4. The number of amides is 1. The maximum atomic E-state index is 12.0. The van der Waals surface area contributed by atoms with Crippen molar-refractivity contribution in [1.29, 1.82) is 0 Å². The molecule has 0 bridgehead atoms. The summed E-state index contributed by atoms with van der Waals surface area (Å²) in [5.41, 5.74) is 1.87. The summed E-state index contributed by atoms with van der Waals surface area (Å²) in [4.78, 5) is 13.1. The lowest BCUT2D eigenvalue weighted by atomic mass is 10.1. The number of carbonyl (C=O) groups excluding carboxylic acids is 1. The molecule has 22 heavy (non-hydrogen) atoms. The van der Waals surface area contributed by atoms with Crippen LogP contribution in [0.15, 0.2) is 58.5 Å². The van der Waals surface area contributed by atoms with Gasteiger partial charge in [0.1, 0.15) is 5.76 Å². The van der Waals surface area contributed by atoms with Crippen molar-refractivity contribution in [2.24, 2.45) is 0 Å². The lowest BCUT2D eigenvalue weighted by molar-refractivity contribution is -0.120. The van der Waals surface area contributed by atoms with E-state index in [0.717, 1.165) is 21.8 Å². The van der Waals surface area contributed by atoms with Gasteiger partial charge < -0.3 is 9.73 Å². The number of hydrogen-bond donors (Lipinski definition) is 1. The molecule has 0 atom stereocenters. The van der Waals surface area contributed by atoms with E-state index in [0.29, 0.717) is 11.6 Å². The Morgan fingerprint density at radius 3 is 2.86 bits per heavy atom. The molecule has 3 aromatic rings. The molecular formula is C17H14ClNO2S. The second kappa shape index (κ2) is 6.81. The van der Waals surface area contributed by atoms with Gasteiger partial charge in [-0.25, -0.2) is 0 Å². The molecule has 2 heterocycles. The molecule has 2 aromatic heterocycles. The summed E-state index contributed by atoms with van der Waals surface area (Å²) in [6.07, 6.45) is 1.94. The number of furan rings is 1. The number of nitrogens with one attached hydrogen (secondary N) is 1. The Hall–Kier alpha value is -2.04. The number of benzene rings is 1. The predicted molar refractivity (Wildman–Crippen MR) is 89.0 cm³/mol. The van der Waals surface area contributed by atoms with Gasteiger partial charge in [0.15, 0.2) is 0 Å². The number of hydrogen-bond acceptors (Lipinski definition) is 3. The first-order chi connectivity index (χ1) is 10.7. The Balaban J connectivity index is 1.56. The fourth-order valence-electron chi connectivity index (χ4n) is 2.11. The highest BCUT2D eigenvalue weighted by atomic mass is 35.5. The van der Waals surface area contributed by atoms with Crippen LogP contribution in [0.1, 0.15) is 10.4 Å². The van der Waals surface area contributed by atoms with E-state index >= 15 is 0 Å². The van der Waals surface area contributed by atoms with Crippen molar-refractivity contribution in [2.45, 2.75) is 13.0 Å². The standard InChI is InChI=1S/C17H14ClNO2S/c18-15-5-2-1-4-12(15)9-17(20)19-10-14-8-13(11-22-14)16-6-3-7-21-16/h1-8,11H,9-10H2,(H,19,20). The van der Waals surface area contributed by atoms with Gasteiger partial charge in [0, 0.05) is 20.8 Å². The van der Waals surface area contributed by atoms with E-state index in [1.54, 1.807) is 23.7 Å². The van der Waals surface area contributed by atoms with Crippen molar-refractivity contribution in [3.63, 3.8) is 0 Å². The minimum absolute atomic E-state index is 0.0407. The van der Waals surface area contributed by atoms with Gasteiger partial charge in [-0.1, -0.05) is 29.8 Å². The highest BCUT2D eigenvalue weighted by Gasteiger charge is 2.08. The van der Waals surface area contributed by atoms with Crippen molar-refractivity contribution >= 4 is 28.8 Å². The zero-order valence-electron chi connectivity index (χ0n) is 11.7. The van der Waals surface area contributed by atoms with Gasteiger partial charge in [0.05, 0.1) is 19.2 Å². The Morgan fingerprint density at radius 1 is 1.23 bits per heavy atom. The van der Waals surface area contributed by atoms with Crippen LogP contribution in [0.25, 0.3) is 11.3 Å². The van der Waals surface area contributed by atoms with Crippen molar-refractivity contribution < 1.29 is 9.21 Å². The summed E-state index contributed by atoms with van der Waals surface area (Å²) in [6.45, 7) is 0.509. The van der Waals surface area contributed by atoms with Crippen LogP contribution in [-0.2, 0) is 17.8 Å². The minimum Gasteiger partial charge on any atom is -0.464 e. The highest BCUT2D eigenvalue weighted by molar-refractivity contribution is 7.10. The van der Waals surface area contributed by atoms with Gasteiger partial charge in [-0.15, -0.1) is 11.3 Å². The Kier molecular flexibility index (Phi) is 4.61. The van der Waals surface area contributed by atoms with E-state index in [1.165, 1.54) is 0 Å². The quantitative estimate of drug-likeness (QED) is 0.746. The summed E-state index contributed by atoms with van der Waals surface area (Å²) in [7, 11) is 0.